The number of ether oxygens (including phenoxy) is 2. The minimum atomic E-state index is -0.331. The smallest absolute Gasteiger partial charge is 0.223 e. The summed E-state index contributed by atoms with van der Waals surface area (Å²) in [6.07, 6.45) is 2.62. The number of nitrogens with zero attached hydrogens (tertiary/aromatic N) is 1. The number of hydrogen-bond acceptors (Lipinski definition) is 3. The van der Waals surface area contributed by atoms with Crippen LogP contribution in [0.25, 0.3) is 0 Å². The van der Waals surface area contributed by atoms with Crippen molar-refractivity contribution in [3.63, 3.8) is 0 Å². The summed E-state index contributed by atoms with van der Waals surface area (Å²) in [6, 6.07) is 6.61. The van der Waals surface area contributed by atoms with Gasteiger partial charge in [-0.3, -0.25) is 4.79 Å². The van der Waals surface area contributed by atoms with Gasteiger partial charge in [-0.2, -0.15) is 0 Å². The molecule has 2 saturated heterocycles. The van der Waals surface area contributed by atoms with Gasteiger partial charge in [0.1, 0.15) is 17.5 Å². The van der Waals surface area contributed by atoms with Crippen molar-refractivity contribution in [2.24, 2.45) is 0 Å². The molecule has 0 aromatic heterocycles. The summed E-state index contributed by atoms with van der Waals surface area (Å²) in [7, 11) is 1.67. The maximum Gasteiger partial charge on any atom is 0.223 e. The number of aryl methyl sites for hydroxylation is 1. The average molecular weight is 307 g/mol. The first-order chi connectivity index (χ1) is 10.6. The number of carbonyl (C=O) groups excluding carboxylic acids is 1. The second-order valence-corrected chi connectivity index (χ2v) is 6.11. The topological polar surface area (TPSA) is 38.8 Å². The van der Waals surface area contributed by atoms with Gasteiger partial charge in [0, 0.05) is 26.7 Å². The first-order valence-electron chi connectivity index (χ1n) is 7.82. The lowest BCUT2D eigenvalue weighted by molar-refractivity contribution is -0.131. The van der Waals surface area contributed by atoms with Crippen molar-refractivity contribution in [2.45, 2.75) is 37.4 Å². The van der Waals surface area contributed by atoms with Crippen LogP contribution in [0.5, 0.6) is 0 Å². The summed E-state index contributed by atoms with van der Waals surface area (Å²) in [5, 5.41) is 0. The molecule has 3 rings (SSSR count). The minimum absolute atomic E-state index is 0.0395. The summed E-state index contributed by atoms with van der Waals surface area (Å²) in [6.45, 7) is 1.88. The van der Waals surface area contributed by atoms with E-state index in [4.69, 9.17) is 9.47 Å². The van der Waals surface area contributed by atoms with Crippen molar-refractivity contribution in [3.8, 4) is 0 Å². The zero-order valence-electron chi connectivity index (χ0n) is 12.9. The van der Waals surface area contributed by atoms with Crippen LogP contribution in [0.3, 0.4) is 0 Å². The average Bonchev–Trinajstić information content (AvgIpc) is 3.14. The molecule has 0 unspecified atom stereocenters. The molecule has 0 bridgehead atoms. The lowest BCUT2D eigenvalue weighted by Gasteiger charge is -2.27. The van der Waals surface area contributed by atoms with E-state index in [2.05, 4.69) is 0 Å². The fraction of sp³-hybridized carbons (Fsp3) is 0.588. The third kappa shape index (κ3) is 2.88. The number of halogens is 1. The third-order valence-electron chi connectivity index (χ3n) is 4.77. The highest BCUT2D eigenvalue weighted by atomic mass is 19.1. The SMILES string of the molecule is CO[C@H]1CN(C(=O)CCc2ccccc2F)C[C@@]12CCCO2. The molecule has 120 valence electrons. The maximum absolute atomic E-state index is 13.6. The van der Waals surface area contributed by atoms with Crippen LogP contribution in [0.1, 0.15) is 24.8 Å². The molecule has 1 spiro atoms. The molecule has 2 atom stereocenters. The van der Waals surface area contributed by atoms with Crippen molar-refractivity contribution in [2.75, 3.05) is 26.8 Å². The Hall–Kier alpha value is -1.46. The Morgan fingerprint density at radius 1 is 1.50 bits per heavy atom. The molecule has 2 fully saturated rings. The number of carbonyl (C=O) groups is 1. The molecule has 5 heteroatoms. The Morgan fingerprint density at radius 2 is 2.32 bits per heavy atom. The van der Waals surface area contributed by atoms with Crippen molar-refractivity contribution < 1.29 is 18.7 Å². The molecule has 1 aromatic carbocycles. The molecule has 1 aromatic rings. The number of amides is 1. The molecule has 0 N–H and O–H groups in total. The van der Waals surface area contributed by atoms with Gasteiger partial charge in [0.05, 0.1) is 6.54 Å². The highest BCUT2D eigenvalue weighted by Gasteiger charge is 2.51. The van der Waals surface area contributed by atoms with Gasteiger partial charge in [-0.15, -0.1) is 0 Å². The quantitative estimate of drug-likeness (QED) is 0.856. The highest BCUT2D eigenvalue weighted by molar-refractivity contribution is 5.77. The van der Waals surface area contributed by atoms with Gasteiger partial charge in [-0.25, -0.2) is 4.39 Å². The van der Waals surface area contributed by atoms with Crippen LogP contribution in [-0.2, 0) is 20.7 Å². The van der Waals surface area contributed by atoms with E-state index in [9.17, 15) is 9.18 Å². The zero-order valence-corrected chi connectivity index (χ0v) is 12.9. The van der Waals surface area contributed by atoms with Gasteiger partial charge in [0.15, 0.2) is 0 Å². The molecule has 0 radical (unpaired) electrons. The van der Waals surface area contributed by atoms with Crippen molar-refractivity contribution in [1.82, 2.24) is 4.90 Å². The Kier molecular flexibility index (Phi) is 4.45. The molecular formula is C17H22FNO3. The Labute approximate surface area is 130 Å². The lowest BCUT2D eigenvalue weighted by Crippen LogP contribution is -2.42. The maximum atomic E-state index is 13.6. The van der Waals surface area contributed by atoms with Gasteiger partial charge >= 0.3 is 0 Å². The second-order valence-electron chi connectivity index (χ2n) is 6.11. The predicted molar refractivity (Wildman–Crippen MR) is 80.0 cm³/mol. The van der Waals surface area contributed by atoms with Crippen LogP contribution in [0.15, 0.2) is 24.3 Å². The van der Waals surface area contributed by atoms with Crippen molar-refractivity contribution >= 4 is 5.91 Å². The zero-order chi connectivity index (χ0) is 15.6. The van der Waals surface area contributed by atoms with E-state index in [-0.39, 0.29) is 23.4 Å². The van der Waals surface area contributed by atoms with Crippen LogP contribution in [0, 0.1) is 5.82 Å². The van der Waals surface area contributed by atoms with E-state index in [0.29, 0.717) is 31.5 Å². The van der Waals surface area contributed by atoms with E-state index >= 15 is 0 Å². The fourth-order valence-corrected chi connectivity index (χ4v) is 3.53. The van der Waals surface area contributed by atoms with Crippen LogP contribution < -0.4 is 0 Å². The Balaban J connectivity index is 1.60. The first kappa shape index (κ1) is 15.4. The van der Waals surface area contributed by atoms with Gasteiger partial charge in [0.25, 0.3) is 0 Å². The van der Waals surface area contributed by atoms with Gasteiger partial charge < -0.3 is 14.4 Å². The first-order valence-corrected chi connectivity index (χ1v) is 7.82. The van der Waals surface area contributed by atoms with Gasteiger partial charge in [0.2, 0.25) is 5.91 Å². The van der Waals surface area contributed by atoms with E-state index in [0.717, 1.165) is 19.4 Å². The number of benzene rings is 1. The molecule has 2 heterocycles. The van der Waals surface area contributed by atoms with Crippen LogP contribution in [0.4, 0.5) is 4.39 Å². The standard InChI is InChI=1S/C17H22FNO3/c1-21-15-11-19(12-17(15)9-4-10-22-17)16(20)8-7-13-5-2-3-6-14(13)18/h2-3,5-6,15H,4,7-12H2,1H3/t15-,17-/m0/s1. The summed E-state index contributed by atoms with van der Waals surface area (Å²) in [5.74, 6) is -0.209. The fourth-order valence-electron chi connectivity index (χ4n) is 3.53. The molecule has 0 aliphatic carbocycles. The molecule has 4 nitrogen and oxygen atoms in total. The van der Waals surface area contributed by atoms with Crippen molar-refractivity contribution in [3.05, 3.63) is 35.6 Å². The third-order valence-corrected chi connectivity index (χ3v) is 4.77. The largest absolute Gasteiger partial charge is 0.377 e. The normalized spacial score (nSPS) is 27.7. The summed E-state index contributed by atoms with van der Waals surface area (Å²) < 4.78 is 25.0. The second kappa shape index (κ2) is 6.34. The molecule has 2 aliphatic heterocycles. The van der Waals surface area contributed by atoms with Crippen molar-refractivity contribution in [1.29, 1.82) is 0 Å². The van der Waals surface area contributed by atoms with E-state index < -0.39 is 0 Å². The molecule has 0 saturated carbocycles. The molecule has 2 aliphatic rings. The van der Waals surface area contributed by atoms with E-state index in [1.165, 1.54) is 6.07 Å². The monoisotopic (exact) mass is 307 g/mol. The minimum Gasteiger partial charge on any atom is -0.377 e. The molecule has 22 heavy (non-hydrogen) atoms. The molecule has 1 amide bonds. The molecular weight excluding hydrogens is 285 g/mol. The van der Waals surface area contributed by atoms with Crippen LogP contribution in [0.2, 0.25) is 0 Å². The highest BCUT2D eigenvalue weighted by Crippen LogP contribution is 2.36. The number of likely N-dealkylation sites (tertiary alicyclic amines) is 1. The summed E-state index contributed by atoms with van der Waals surface area (Å²) in [4.78, 5) is 14.2. The number of rotatable bonds is 4. The summed E-state index contributed by atoms with van der Waals surface area (Å²) >= 11 is 0. The van der Waals surface area contributed by atoms with Crippen LogP contribution in [-0.4, -0.2) is 49.3 Å². The lowest BCUT2D eigenvalue weighted by atomic mass is 9.96. The summed E-state index contributed by atoms with van der Waals surface area (Å²) in [5.41, 5.74) is 0.257. The van der Waals surface area contributed by atoms with Gasteiger partial charge in [-0.1, -0.05) is 18.2 Å². The predicted octanol–water partition coefficient (Wildman–Crippen LogP) is 2.16. The Bertz CT molecular complexity index is 542. The van der Waals surface area contributed by atoms with E-state index in [1.54, 1.807) is 30.2 Å². The Morgan fingerprint density at radius 3 is 3.00 bits per heavy atom. The van der Waals surface area contributed by atoms with E-state index in [1.807, 2.05) is 0 Å². The number of methoxy groups -OCH3 is 1. The number of hydrogen-bond donors (Lipinski definition) is 0. The van der Waals surface area contributed by atoms with Gasteiger partial charge in [-0.05, 0) is 30.9 Å². The van der Waals surface area contributed by atoms with Crippen LogP contribution >= 0.6 is 0 Å².